The largest absolute Gasteiger partial charge is 0.336 e. The molecule has 8 nitrogen and oxygen atoms in total. The van der Waals surface area contributed by atoms with Crippen LogP contribution >= 0.6 is 0 Å². The molecule has 1 aliphatic heterocycles. The van der Waals surface area contributed by atoms with Crippen molar-refractivity contribution in [3.63, 3.8) is 0 Å². The monoisotopic (exact) mass is 324 g/mol. The number of hydrogen-bond acceptors (Lipinski definition) is 5. The number of hydrogen-bond donors (Lipinski definition) is 0. The van der Waals surface area contributed by atoms with E-state index in [9.17, 15) is 8.42 Å². The van der Waals surface area contributed by atoms with Crippen molar-refractivity contribution >= 4 is 10.0 Å². The van der Waals surface area contributed by atoms with Crippen LogP contribution in [0.4, 0.5) is 0 Å². The van der Waals surface area contributed by atoms with Crippen LogP contribution in [0.2, 0.25) is 0 Å². The summed E-state index contributed by atoms with van der Waals surface area (Å²) in [6.07, 6.45) is 7.01. The molecule has 120 valence electrons. The van der Waals surface area contributed by atoms with Gasteiger partial charge in [-0.05, 0) is 12.3 Å². The fraction of sp³-hybridized carbons (Fsp3) is 0.615. The molecule has 0 N–H and O–H groups in total. The summed E-state index contributed by atoms with van der Waals surface area (Å²) in [6, 6.07) is 0.0371. The smallest absolute Gasteiger partial charge is 0.262 e. The molecule has 0 unspecified atom stereocenters. The molecule has 0 radical (unpaired) electrons. The van der Waals surface area contributed by atoms with Gasteiger partial charge in [0.15, 0.2) is 5.03 Å². The Morgan fingerprint density at radius 2 is 2.18 bits per heavy atom. The number of imidazole rings is 1. The van der Waals surface area contributed by atoms with Crippen LogP contribution in [0.3, 0.4) is 0 Å². The van der Waals surface area contributed by atoms with Crippen LogP contribution in [0.5, 0.6) is 0 Å². The van der Waals surface area contributed by atoms with E-state index in [1.165, 1.54) is 10.6 Å². The molecule has 1 atom stereocenters. The van der Waals surface area contributed by atoms with Gasteiger partial charge < -0.3 is 4.57 Å². The summed E-state index contributed by atoms with van der Waals surface area (Å²) < 4.78 is 30.3. The minimum absolute atomic E-state index is 0.0371. The SMILES string of the molecule is CC(C)Cn1cnc(S(=O)(=O)N2CC[C@@H](n3cncn3)C2)c1. The molecule has 0 bridgehead atoms. The second-order valence-corrected chi connectivity index (χ2v) is 7.87. The molecule has 9 heteroatoms. The summed E-state index contributed by atoms with van der Waals surface area (Å²) in [5.41, 5.74) is 0. The highest BCUT2D eigenvalue weighted by Gasteiger charge is 2.35. The zero-order valence-electron chi connectivity index (χ0n) is 12.7. The van der Waals surface area contributed by atoms with Crippen molar-refractivity contribution in [2.24, 2.45) is 5.92 Å². The third kappa shape index (κ3) is 2.91. The second kappa shape index (κ2) is 5.81. The zero-order chi connectivity index (χ0) is 15.7. The summed E-state index contributed by atoms with van der Waals surface area (Å²) in [5.74, 6) is 0.438. The van der Waals surface area contributed by atoms with Crippen molar-refractivity contribution in [3.8, 4) is 0 Å². The van der Waals surface area contributed by atoms with Crippen LogP contribution in [0.25, 0.3) is 0 Å². The minimum atomic E-state index is -3.54. The van der Waals surface area contributed by atoms with Crippen LogP contribution in [0, 0.1) is 5.92 Å². The first-order chi connectivity index (χ1) is 10.5. The third-order valence-electron chi connectivity index (χ3n) is 3.73. The van der Waals surface area contributed by atoms with E-state index >= 15 is 0 Å². The molecule has 3 rings (SSSR count). The average molecular weight is 324 g/mol. The van der Waals surface area contributed by atoms with Gasteiger partial charge in [-0.15, -0.1) is 0 Å². The van der Waals surface area contributed by atoms with E-state index in [0.717, 1.165) is 13.0 Å². The van der Waals surface area contributed by atoms with Gasteiger partial charge in [-0.2, -0.15) is 9.40 Å². The molecule has 3 heterocycles. The van der Waals surface area contributed by atoms with Gasteiger partial charge in [0, 0.05) is 25.8 Å². The highest BCUT2D eigenvalue weighted by Crippen LogP contribution is 2.26. The van der Waals surface area contributed by atoms with Gasteiger partial charge in [-0.25, -0.2) is 23.1 Å². The molecule has 0 aliphatic carbocycles. The van der Waals surface area contributed by atoms with Gasteiger partial charge in [0.2, 0.25) is 0 Å². The van der Waals surface area contributed by atoms with E-state index in [0.29, 0.717) is 19.0 Å². The maximum absolute atomic E-state index is 12.7. The minimum Gasteiger partial charge on any atom is -0.336 e. The molecular formula is C13H20N6O2S. The van der Waals surface area contributed by atoms with E-state index < -0.39 is 10.0 Å². The first kappa shape index (κ1) is 15.2. The predicted octanol–water partition coefficient (Wildman–Crippen LogP) is 0.766. The number of aromatic nitrogens is 5. The van der Waals surface area contributed by atoms with E-state index in [-0.39, 0.29) is 11.1 Å². The lowest BCUT2D eigenvalue weighted by Crippen LogP contribution is -2.29. The maximum Gasteiger partial charge on any atom is 0.262 e. The average Bonchev–Trinajstić information content (AvgIpc) is 3.19. The second-order valence-electron chi connectivity index (χ2n) is 5.98. The Balaban J connectivity index is 1.75. The fourth-order valence-corrected chi connectivity index (χ4v) is 4.10. The van der Waals surface area contributed by atoms with Crippen molar-refractivity contribution in [2.45, 2.75) is 37.9 Å². The quantitative estimate of drug-likeness (QED) is 0.811. The van der Waals surface area contributed by atoms with E-state index in [4.69, 9.17) is 0 Å². The molecule has 1 saturated heterocycles. The molecule has 1 fully saturated rings. The molecule has 0 amide bonds. The Morgan fingerprint density at radius 3 is 2.86 bits per heavy atom. The maximum atomic E-state index is 12.7. The highest BCUT2D eigenvalue weighted by atomic mass is 32.2. The summed E-state index contributed by atoms with van der Waals surface area (Å²) in [5, 5.41) is 4.21. The first-order valence-electron chi connectivity index (χ1n) is 7.33. The Morgan fingerprint density at radius 1 is 1.36 bits per heavy atom. The van der Waals surface area contributed by atoms with Crippen molar-refractivity contribution in [2.75, 3.05) is 13.1 Å². The Labute approximate surface area is 129 Å². The Kier molecular flexibility index (Phi) is 4.00. The van der Waals surface area contributed by atoms with Crippen LogP contribution in [-0.2, 0) is 16.6 Å². The lowest BCUT2D eigenvalue weighted by molar-refractivity contribution is 0.432. The molecule has 0 saturated carbocycles. The molecule has 2 aromatic heterocycles. The van der Waals surface area contributed by atoms with E-state index in [1.807, 2.05) is 4.57 Å². The highest BCUT2D eigenvalue weighted by molar-refractivity contribution is 7.89. The van der Waals surface area contributed by atoms with Crippen LogP contribution in [0.1, 0.15) is 26.3 Å². The molecule has 1 aliphatic rings. The van der Waals surface area contributed by atoms with Gasteiger partial charge >= 0.3 is 0 Å². The van der Waals surface area contributed by atoms with Gasteiger partial charge in [-0.3, -0.25) is 0 Å². The zero-order valence-corrected chi connectivity index (χ0v) is 13.5. The van der Waals surface area contributed by atoms with Crippen molar-refractivity contribution in [1.29, 1.82) is 0 Å². The lowest BCUT2D eigenvalue weighted by Gasteiger charge is -2.14. The van der Waals surface area contributed by atoms with Crippen LogP contribution in [-0.4, -0.2) is 50.1 Å². The standard InChI is InChI=1S/C13H20N6O2S/c1-11(2)5-17-7-13(15-10-17)22(20,21)18-4-3-12(6-18)19-9-14-8-16-19/h7-12H,3-6H2,1-2H3/t12-/m1/s1. The van der Waals surface area contributed by atoms with Gasteiger partial charge in [0.1, 0.15) is 12.7 Å². The van der Waals surface area contributed by atoms with Crippen molar-refractivity contribution in [1.82, 2.24) is 28.6 Å². The molecular weight excluding hydrogens is 304 g/mol. The van der Waals surface area contributed by atoms with Gasteiger partial charge in [-0.1, -0.05) is 13.8 Å². The van der Waals surface area contributed by atoms with Crippen molar-refractivity contribution in [3.05, 3.63) is 25.2 Å². The molecule has 22 heavy (non-hydrogen) atoms. The first-order valence-corrected chi connectivity index (χ1v) is 8.77. The molecule has 2 aromatic rings. The third-order valence-corrected chi connectivity index (χ3v) is 5.48. The summed E-state index contributed by atoms with van der Waals surface area (Å²) in [7, 11) is -3.54. The summed E-state index contributed by atoms with van der Waals surface area (Å²) >= 11 is 0. The lowest BCUT2D eigenvalue weighted by atomic mass is 10.2. The van der Waals surface area contributed by atoms with Crippen LogP contribution < -0.4 is 0 Å². The molecule has 0 aromatic carbocycles. The Bertz CT molecular complexity index is 722. The summed E-state index contributed by atoms with van der Waals surface area (Å²) in [6.45, 7) is 5.80. The predicted molar refractivity (Wildman–Crippen MR) is 79.5 cm³/mol. The number of rotatable bonds is 5. The molecule has 0 spiro atoms. The van der Waals surface area contributed by atoms with E-state index in [2.05, 4.69) is 28.9 Å². The summed E-state index contributed by atoms with van der Waals surface area (Å²) in [4.78, 5) is 7.98. The van der Waals surface area contributed by atoms with Crippen LogP contribution in [0.15, 0.2) is 30.2 Å². The van der Waals surface area contributed by atoms with Crippen molar-refractivity contribution < 1.29 is 8.42 Å². The van der Waals surface area contributed by atoms with Gasteiger partial charge in [0.25, 0.3) is 10.0 Å². The topological polar surface area (TPSA) is 85.9 Å². The normalized spacial score (nSPS) is 20.0. The van der Waals surface area contributed by atoms with Gasteiger partial charge in [0.05, 0.1) is 12.4 Å². The Hall–Kier alpha value is -1.74. The number of sulfonamides is 1. The fourth-order valence-electron chi connectivity index (χ4n) is 2.68. The van der Waals surface area contributed by atoms with E-state index in [1.54, 1.807) is 23.5 Å². The number of nitrogens with zero attached hydrogens (tertiary/aromatic N) is 6.